The van der Waals surface area contributed by atoms with Gasteiger partial charge in [0.05, 0.1) is 28.2 Å². The Kier molecular flexibility index (Phi) is 3.77. The van der Waals surface area contributed by atoms with Gasteiger partial charge in [0.2, 0.25) is 5.95 Å². The van der Waals surface area contributed by atoms with Crippen molar-refractivity contribution in [3.8, 4) is 12.1 Å². The molecule has 0 aliphatic rings. The number of rotatable bonds is 3. The monoisotopic (exact) mass is 318 g/mol. The first kappa shape index (κ1) is 15.3. The van der Waals surface area contributed by atoms with Crippen LogP contribution in [0.5, 0.6) is 0 Å². The molecule has 0 unspecified atom stereocenters. The highest BCUT2D eigenvalue weighted by Gasteiger charge is 2.16. The van der Waals surface area contributed by atoms with Crippen molar-refractivity contribution in [3.63, 3.8) is 0 Å². The molecule has 118 valence electrons. The van der Waals surface area contributed by atoms with E-state index in [9.17, 15) is 4.79 Å². The quantitative estimate of drug-likeness (QED) is 0.801. The maximum atomic E-state index is 12.5. The van der Waals surface area contributed by atoms with Crippen LogP contribution in [0.3, 0.4) is 0 Å². The molecule has 3 rings (SSSR count). The van der Waals surface area contributed by atoms with Gasteiger partial charge in [0.1, 0.15) is 11.8 Å². The summed E-state index contributed by atoms with van der Waals surface area (Å²) in [5, 5.41) is 20.7. The zero-order chi connectivity index (χ0) is 17.3. The Bertz CT molecular complexity index is 1030. The van der Waals surface area contributed by atoms with Gasteiger partial charge in [-0.3, -0.25) is 10.1 Å². The van der Waals surface area contributed by atoms with Crippen molar-refractivity contribution in [2.24, 2.45) is 7.05 Å². The van der Waals surface area contributed by atoms with Gasteiger partial charge in [-0.15, -0.1) is 0 Å². The minimum absolute atomic E-state index is 0.343. The molecule has 0 aliphatic carbocycles. The number of hydrogen-bond acceptors (Lipinski definition) is 4. The molecule has 2 aromatic heterocycles. The molecule has 1 amide bonds. The lowest BCUT2D eigenvalue weighted by Gasteiger charge is -2.08. The number of amides is 1. The predicted molar refractivity (Wildman–Crippen MR) is 88.2 cm³/mol. The van der Waals surface area contributed by atoms with Crippen LogP contribution in [0, 0.1) is 22.7 Å². The molecule has 0 spiro atoms. The van der Waals surface area contributed by atoms with Crippen molar-refractivity contribution in [2.45, 2.75) is 13.5 Å². The Morgan fingerprint density at radius 2 is 2.00 bits per heavy atom. The smallest absolute Gasteiger partial charge is 0.274 e. The van der Waals surface area contributed by atoms with Gasteiger partial charge in [-0.05, 0) is 31.2 Å². The summed E-state index contributed by atoms with van der Waals surface area (Å²) in [6, 6.07) is 10.8. The molecule has 0 atom stereocenters. The fourth-order valence-electron chi connectivity index (χ4n) is 2.63. The van der Waals surface area contributed by atoms with E-state index < -0.39 is 0 Å². The van der Waals surface area contributed by atoms with Gasteiger partial charge in [-0.25, -0.2) is 4.98 Å². The molecule has 0 saturated heterocycles. The standard InChI is InChI=1S/C17H14N6O/c1-3-23-14-5-4-11(8-18)6-13(14)20-17(23)21-16(24)15-7-12(9-19)10-22(15)2/h4-7,10H,3H2,1-2H3,(H,20,21,24). The van der Waals surface area contributed by atoms with Crippen LogP contribution in [0.1, 0.15) is 28.5 Å². The van der Waals surface area contributed by atoms with Crippen LogP contribution < -0.4 is 5.32 Å². The Balaban J connectivity index is 2.00. The van der Waals surface area contributed by atoms with Gasteiger partial charge >= 0.3 is 0 Å². The van der Waals surface area contributed by atoms with Crippen LogP contribution in [-0.2, 0) is 13.6 Å². The number of aryl methyl sites for hydroxylation is 2. The summed E-state index contributed by atoms with van der Waals surface area (Å²) in [6.45, 7) is 2.57. The zero-order valence-corrected chi connectivity index (χ0v) is 13.2. The maximum absolute atomic E-state index is 12.5. The lowest BCUT2D eigenvalue weighted by atomic mass is 10.2. The molecule has 0 fully saturated rings. The van der Waals surface area contributed by atoms with Gasteiger partial charge in [-0.1, -0.05) is 0 Å². The van der Waals surface area contributed by atoms with Crippen LogP contribution in [0.2, 0.25) is 0 Å². The second-order valence-corrected chi connectivity index (χ2v) is 5.29. The van der Waals surface area contributed by atoms with Crippen molar-refractivity contribution < 1.29 is 4.79 Å². The largest absolute Gasteiger partial charge is 0.345 e. The van der Waals surface area contributed by atoms with Gasteiger partial charge in [0.15, 0.2) is 0 Å². The molecule has 7 nitrogen and oxygen atoms in total. The van der Waals surface area contributed by atoms with E-state index in [-0.39, 0.29) is 5.91 Å². The summed E-state index contributed by atoms with van der Waals surface area (Å²) in [4.78, 5) is 16.9. The van der Waals surface area contributed by atoms with Crippen LogP contribution in [0.15, 0.2) is 30.5 Å². The summed E-state index contributed by atoms with van der Waals surface area (Å²) in [5.41, 5.74) is 2.80. The molecule has 1 N–H and O–H groups in total. The highest BCUT2D eigenvalue weighted by Crippen LogP contribution is 2.21. The Morgan fingerprint density at radius 3 is 2.62 bits per heavy atom. The van der Waals surface area contributed by atoms with Gasteiger partial charge < -0.3 is 9.13 Å². The van der Waals surface area contributed by atoms with Crippen molar-refractivity contribution in [1.82, 2.24) is 14.1 Å². The van der Waals surface area contributed by atoms with Crippen molar-refractivity contribution in [3.05, 3.63) is 47.3 Å². The first-order valence-electron chi connectivity index (χ1n) is 7.35. The Hall–Kier alpha value is -3.58. The van der Waals surface area contributed by atoms with E-state index in [1.54, 1.807) is 29.9 Å². The lowest BCUT2D eigenvalue weighted by molar-refractivity contribution is 0.101. The highest BCUT2D eigenvalue weighted by atomic mass is 16.2. The fraction of sp³-hybridized carbons (Fsp3) is 0.176. The average Bonchev–Trinajstić information content (AvgIpc) is 3.13. The number of carbonyl (C=O) groups excluding carboxylic acids is 1. The van der Waals surface area contributed by atoms with E-state index in [1.807, 2.05) is 23.6 Å². The molecule has 2 heterocycles. The van der Waals surface area contributed by atoms with E-state index in [1.165, 1.54) is 6.07 Å². The molecule has 7 heteroatoms. The summed E-state index contributed by atoms with van der Waals surface area (Å²) >= 11 is 0. The second-order valence-electron chi connectivity index (χ2n) is 5.29. The number of anilines is 1. The van der Waals surface area contributed by atoms with Crippen LogP contribution in [0.25, 0.3) is 11.0 Å². The minimum atomic E-state index is -0.343. The molecule has 0 saturated carbocycles. The summed E-state index contributed by atoms with van der Waals surface area (Å²) in [7, 11) is 1.71. The van der Waals surface area contributed by atoms with Gasteiger partial charge in [0, 0.05) is 19.8 Å². The Morgan fingerprint density at radius 1 is 1.25 bits per heavy atom. The van der Waals surface area contributed by atoms with E-state index in [4.69, 9.17) is 10.5 Å². The first-order chi connectivity index (χ1) is 11.6. The van der Waals surface area contributed by atoms with E-state index in [0.717, 1.165) is 5.52 Å². The number of aromatic nitrogens is 3. The summed E-state index contributed by atoms with van der Waals surface area (Å²) in [5.74, 6) is 0.0665. The van der Waals surface area contributed by atoms with E-state index >= 15 is 0 Å². The fourth-order valence-corrected chi connectivity index (χ4v) is 2.63. The second kappa shape index (κ2) is 5.90. The van der Waals surface area contributed by atoms with Crippen molar-refractivity contribution >= 4 is 22.9 Å². The number of fused-ring (bicyclic) bond motifs is 1. The highest BCUT2D eigenvalue weighted by molar-refractivity contribution is 6.03. The third kappa shape index (κ3) is 2.49. The van der Waals surface area contributed by atoms with Crippen LogP contribution in [-0.4, -0.2) is 20.0 Å². The first-order valence-corrected chi connectivity index (χ1v) is 7.35. The minimum Gasteiger partial charge on any atom is -0.345 e. The van der Waals surface area contributed by atoms with Gasteiger partial charge in [-0.2, -0.15) is 10.5 Å². The summed E-state index contributed by atoms with van der Waals surface area (Å²) < 4.78 is 3.46. The number of hydrogen-bond donors (Lipinski definition) is 1. The SMILES string of the molecule is CCn1c(NC(=O)c2cc(C#N)cn2C)nc2cc(C#N)ccc21. The van der Waals surface area contributed by atoms with Crippen LogP contribution in [0.4, 0.5) is 5.95 Å². The summed E-state index contributed by atoms with van der Waals surface area (Å²) in [6.07, 6.45) is 1.59. The van der Waals surface area contributed by atoms with Crippen molar-refractivity contribution in [1.29, 1.82) is 10.5 Å². The lowest BCUT2D eigenvalue weighted by Crippen LogP contribution is -2.18. The predicted octanol–water partition coefficient (Wildman–Crippen LogP) is 2.39. The third-order valence-electron chi connectivity index (χ3n) is 3.79. The zero-order valence-electron chi connectivity index (χ0n) is 13.2. The number of benzene rings is 1. The van der Waals surface area contributed by atoms with E-state index in [0.29, 0.717) is 34.8 Å². The molecular formula is C17H14N6O. The number of nitriles is 2. The number of nitrogens with one attached hydrogen (secondary N) is 1. The molecular weight excluding hydrogens is 304 g/mol. The number of carbonyl (C=O) groups is 1. The number of nitrogens with zero attached hydrogens (tertiary/aromatic N) is 5. The maximum Gasteiger partial charge on any atom is 0.274 e. The number of imidazole rings is 1. The average molecular weight is 318 g/mol. The Labute approximate surface area is 138 Å². The molecule has 1 aromatic carbocycles. The third-order valence-corrected chi connectivity index (χ3v) is 3.79. The normalized spacial score (nSPS) is 10.3. The van der Waals surface area contributed by atoms with Gasteiger partial charge in [0.25, 0.3) is 5.91 Å². The topological polar surface area (TPSA) is 99.4 Å². The van der Waals surface area contributed by atoms with E-state index in [2.05, 4.69) is 16.4 Å². The molecule has 0 aliphatic heterocycles. The molecule has 0 bridgehead atoms. The molecule has 24 heavy (non-hydrogen) atoms. The van der Waals surface area contributed by atoms with Crippen LogP contribution >= 0.6 is 0 Å². The van der Waals surface area contributed by atoms with Crippen molar-refractivity contribution in [2.75, 3.05) is 5.32 Å². The molecule has 3 aromatic rings. The molecule has 0 radical (unpaired) electrons.